The third kappa shape index (κ3) is 2.30. The largest absolute Gasteiger partial charge is 0.398 e. The molecule has 0 aromatic heterocycles. The number of benzene rings is 2. The Morgan fingerprint density at radius 3 is 2.11 bits per heavy atom. The Kier molecular flexibility index (Phi) is 3.24. The van der Waals surface area contributed by atoms with Gasteiger partial charge in [-0.3, -0.25) is 0 Å². The Morgan fingerprint density at radius 1 is 0.944 bits per heavy atom. The van der Waals surface area contributed by atoms with Crippen LogP contribution in [0.1, 0.15) is 23.6 Å². The first-order chi connectivity index (χ1) is 8.49. The maximum absolute atomic E-state index is 6.11. The molecule has 92 valence electrons. The maximum Gasteiger partial charge on any atom is 0.0394 e. The molecule has 0 aliphatic carbocycles. The smallest absolute Gasteiger partial charge is 0.0394 e. The minimum Gasteiger partial charge on any atom is -0.398 e. The summed E-state index contributed by atoms with van der Waals surface area (Å²) in [5, 5.41) is 0. The molecule has 0 aliphatic heterocycles. The quantitative estimate of drug-likeness (QED) is 0.760. The molecule has 2 rings (SSSR count). The predicted octanol–water partition coefficient (Wildman–Crippen LogP) is 4.59. The Labute approximate surface area is 109 Å². The normalized spacial score (nSPS) is 10.4. The molecule has 18 heavy (non-hydrogen) atoms. The highest BCUT2D eigenvalue weighted by Crippen LogP contribution is 2.33. The van der Waals surface area contributed by atoms with Crippen molar-refractivity contribution in [3.63, 3.8) is 0 Å². The zero-order chi connectivity index (χ0) is 13.3. The fourth-order valence-electron chi connectivity index (χ4n) is 2.16. The summed E-state index contributed by atoms with van der Waals surface area (Å²) in [6, 6.07) is 12.5. The standard InChI is InChI=1S/C17H19N/c1-11(2)14-7-5-12(3)9-15(14)16-10-13(4)6-8-17(16)18/h5-10H,1,18H2,2-4H3. The third-order valence-electron chi connectivity index (χ3n) is 3.13. The van der Waals surface area contributed by atoms with Crippen LogP contribution in [0.5, 0.6) is 0 Å². The summed E-state index contributed by atoms with van der Waals surface area (Å²) < 4.78 is 0. The molecule has 0 heterocycles. The van der Waals surface area contributed by atoms with Crippen LogP contribution in [0.3, 0.4) is 0 Å². The molecule has 0 bridgehead atoms. The van der Waals surface area contributed by atoms with E-state index in [-0.39, 0.29) is 0 Å². The number of anilines is 1. The van der Waals surface area contributed by atoms with Crippen LogP contribution in [-0.2, 0) is 0 Å². The van der Waals surface area contributed by atoms with Gasteiger partial charge < -0.3 is 5.73 Å². The van der Waals surface area contributed by atoms with Gasteiger partial charge >= 0.3 is 0 Å². The van der Waals surface area contributed by atoms with Crippen molar-refractivity contribution in [1.82, 2.24) is 0 Å². The molecule has 0 spiro atoms. The second-order valence-corrected chi connectivity index (χ2v) is 4.92. The van der Waals surface area contributed by atoms with Crippen molar-refractivity contribution >= 4 is 11.3 Å². The van der Waals surface area contributed by atoms with E-state index in [9.17, 15) is 0 Å². The van der Waals surface area contributed by atoms with Crippen LogP contribution >= 0.6 is 0 Å². The van der Waals surface area contributed by atoms with E-state index < -0.39 is 0 Å². The van der Waals surface area contributed by atoms with Crippen molar-refractivity contribution < 1.29 is 0 Å². The second kappa shape index (κ2) is 4.69. The maximum atomic E-state index is 6.11. The van der Waals surface area contributed by atoms with Crippen LogP contribution in [0.25, 0.3) is 16.7 Å². The lowest BCUT2D eigenvalue weighted by Crippen LogP contribution is -1.94. The predicted molar refractivity (Wildman–Crippen MR) is 80.5 cm³/mol. The summed E-state index contributed by atoms with van der Waals surface area (Å²) in [6.45, 7) is 10.3. The highest BCUT2D eigenvalue weighted by Gasteiger charge is 2.09. The van der Waals surface area contributed by atoms with Crippen LogP contribution in [0.4, 0.5) is 5.69 Å². The van der Waals surface area contributed by atoms with Crippen molar-refractivity contribution in [2.45, 2.75) is 20.8 Å². The number of aryl methyl sites for hydroxylation is 2. The molecule has 0 saturated heterocycles. The SMILES string of the molecule is C=C(C)c1ccc(C)cc1-c1cc(C)ccc1N. The Hall–Kier alpha value is -2.02. The Bertz CT molecular complexity index is 609. The number of rotatable bonds is 2. The summed E-state index contributed by atoms with van der Waals surface area (Å²) in [6.07, 6.45) is 0. The molecule has 2 aromatic rings. The lowest BCUT2D eigenvalue weighted by molar-refractivity contribution is 1.42. The fraction of sp³-hybridized carbons (Fsp3) is 0.176. The van der Waals surface area contributed by atoms with E-state index in [1.165, 1.54) is 16.7 Å². The molecule has 2 N–H and O–H groups in total. The molecule has 0 amide bonds. The van der Waals surface area contributed by atoms with E-state index >= 15 is 0 Å². The zero-order valence-electron chi connectivity index (χ0n) is 11.2. The molecule has 1 heteroatoms. The molecule has 2 aromatic carbocycles. The van der Waals surface area contributed by atoms with Gasteiger partial charge in [-0.25, -0.2) is 0 Å². The topological polar surface area (TPSA) is 26.0 Å². The van der Waals surface area contributed by atoms with Crippen LogP contribution in [0.15, 0.2) is 43.0 Å². The van der Waals surface area contributed by atoms with Gasteiger partial charge in [0.1, 0.15) is 0 Å². The highest BCUT2D eigenvalue weighted by molar-refractivity contribution is 5.86. The van der Waals surface area contributed by atoms with Crippen LogP contribution < -0.4 is 5.73 Å². The van der Waals surface area contributed by atoms with Crippen molar-refractivity contribution in [1.29, 1.82) is 0 Å². The van der Waals surface area contributed by atoms with E-state index in [4.69, 9.17) is 5.73 Å². The number of nitrogen functional groups attached to an aromatic ring is 1. The summed E-state index contributed by atoms with van der Waals surface area (Å²) in [7, 11) is 0. The van der Waals surface area contributed by atoms with Gasteiger partial charge in [0, 0.05) is 11.3 Å². The lowest BCUT2D eigenvalue weighted by atomic mass is 9.92. The number of hydrogen-bond acceptors (Lipinski definition) is 1. The van der Waals surface area contributed by atoms with Gasteiger partial charge in [0.2, 0.25) is 0 Å². The lowest BCUT2D eigenvalue weighted by Gasteiger charge is -2.13. The van der Waals surface area contributed by atoms with E-state index in [1.807, 2.05) is 19.1 Å². The molecule has 0 radical (unpaired) electrons. The summed E-state index contributed by atoms with van der Waals surface area (Å²) in [4.78, 5) is 0. The van der Waals surface area contributed by atoms with Crippen LogP contribution in [0.2, 0.25) is 0 Å². The van der Waals surface area contributed by atoms with Crippen LogP contribution in [0, 0.1) is 13.8 Å². The van der Waals surface area contributed by atoms with Crippen molar-refractivity contribution in [3.8, 4) is 11.1 Å². The number of allylic oxidation sites excluding steroid dienone is 1. The minimum atomic E-state index is 0.814. The van der Waals surface area contributed by atoms with E-state index in [1.54, 1.807) is 0 Å². The van der Waals surface area contributed by atoms with E-state index in [2.05, 4.69) is 44.7 Å². The van der Waals surface area contributed by atoms with Gasteiger partial charge in [-0.05, 0) is 44.0 Å². The van der Waals surface area contributed by atoms with Gasteiger partial charge in [-0.15, -0.1) is 0 Å². The number of nitrogens with two attached hydrogens (primary N) is 1. The average Bonchev–Trinajstić information content (AvgIpc) is 2.31. The second-order valence-electron chi connectivity index (χ2n) is 4.92. The van der Waals surface area contributed by atoms with Crippen LogP contribution in [-0.4, -0.2) is 0 Å². The van der Waals surface area contributed by atoms with Gasteiger partial charge in [0.15, 0.2) is 0 Å². The van der Waals surface area contributed by atoms with Crippen molar-refractivity contribution in [2.24, 2.45) is 0 Å². The van der Waals surface area contributed by atoms with Crippen molar-refractivity contribution in [3.05, 3.63) is 59.7 Å². The minimum absolute atomic E-state index is 0.814. The van der Waals surface area contributed by atoms with Crippen molar-refractivity contribution in [2.75, 3.05) is 5.73 Å². The molecule has 0 saturated carbocycles. The molecule has 1 nitrogen and oxygen atoms in total. The Balaban J connectivity index is 2.73. The number of hydrogen-bond donors (Lipinski definition) is 1. The summed E-state index contributed by atoms with van der Waals surface area (Å²) in [5.74, 6) is 0. The molecular weight excluding hydrogens is 218 g/mol. The van der Waals surface area contributed by atoms with Gasteiger partial charge in [0.05, 0.1) is 0 Å². The fourth-order valence-corrected chi connectivity index (χ4v) is 2.16. The first-order valence-corrected chi connectivity index (χ1v) is 6.12. The monoisotopic (exact) mass is 237 g/mol. The average molecular weight is 237 g/mol. The molecule has 0 unspecified atom stereocenters. The third-order valence-corrected chi connectivity index (χ3v) is 3.13. The molecule has 0 fully saturated rings. The molecular formula is C17H19N. The molecule has 0 aliphatic rings. The van der Waals surface area contributed by atoms with Gasteiger partial charge in [-0.1, -0.05) is 47.5 Å². The first-order valence-electron chi connectivity index (χ1n) is 6.12. The van der Waals surface area contributed by atoms with E-state index in [0.29, 0.717) is 0 Å². The molecule has 0 atom stereocenters. The summed E-state index contributed by atoms with van der Waals surface area (Å²) >= 11 is 0. The highest BCUT2D eigenvalue weighted by atomic mass is 14.6. The van der Waals surface area contributed by atoms with Gasteiger partial charge in [0.25, 0.3) is 0 Å². The Morgan fingerprint density at radius 2 is 1.50 bits per heavy atom. The van der Waals surface area contributed by atoms with Gasteiger partial charge in [-0.2, -0.15) is 0 Å². The summed E-state index contributed by atoms with van der Waals surface area (Å²) in [5.41, 5.74) is 13.9. The van der Waals surface area contributed by atoms with E-state index in [0.717, 1.165) is 22.4 Å². The zero-order valence-corrected chi connectivity index (χ0v) is 11.2. The first kappa shape index (κ1) is 12.4.